The van der Waals surface area contributed by atoms with Crippen molar-refractivity contribution >= 4 is 47.3 Å². The van der Waals surface area contributed by atoms with Crippen molar-refractivity contribution in [1.82, 2.24) is 20.4 Å². The first-order valence-corrected chi connectivity index (χ1v) is 14.4. The van der Waals surface area contributed by atoms with E-state index in [0.717, 1.165) is 36.3 Å². The van der Waals surface area contributed by atoms with Crippen molar-refractivity contribution in [1.29, 1.82) is 0 Å². The Morgan fingerprint density at radius 2 is 1.73 bits per heavy atom. The highest BCUT2D eigenvalue weighted by molar-refractivity contribution is 8.00. The first kappa shape index (κ1) is 31.0. The van der Waals surface area contributed by atoms with E-state index in [1.165, 1.54) is 22.9 Å². The Morgan fingerprint density at radius 1 is 1.05 bits per heavy atom. The van der Waals surface area contributed by atoms with Crippen LogP contribution in [0.25, 0.3) is 0 Å². The van der Waals surface area contributed by atoms with Gasteiger partial charge in [-0.05, 0) is 42.1 Å². The SMILES string of the molecule is CC(C)Cc1cccc(CCCSC2CC(=O)N(C(=O)NCC(O)CNC(=O)CCN3C(=O)C=CC3=O)C2=O)c1. The van der Waals surface area contributed by atoms with Gasteiger partial charge in [-0.15, -0.1) is 11.8 Å². The highest BCUT2D eigenvalue weighted by Gasteiger charge is 2.42. The minimum absolute atomic E-state index is 0.0586. The van der Waals surface area contributed by atoms with Gasteiger partial charge in [-0.2, -0.15) is 4.90 Å². The first-order valence-electron chi connectivity index (χ1n) is 13.4. The van der Waals surface area contributed by atoms with E-state index in [2.05, 4.69) is 48.7 Å². The molecule has 12 heteroatoms. The number of carbonyl (C=O) groups excluding carboxylic acids is 6. The fourth-order valence-corrected chi connectivity index (χ4v) is 5.48. The van der Waals surface area contributed by atoms with Gasteiger partial charge in [0.05, 0.1) is 11.4 Å². The molecule has 1 fully saturated rings. The fourth-order valence-electron chi connectivity index (χ4n) is 4.37. The number of nitrogens with one attached hydrogen (secondary N) is 2. The molecule has 2 heterocycles. The number of hydrogen-bond acceptors (Lipinski definition) is 8. The van der Waals surface area contributed by atoms with Crippen LogP contribution in [0, 0.1) is 5.92 Å². The molecule has 216 valence electrons. The summed E-state index contributed by atoms with van der Waals surface area (Å²) in [7, 11) is 0. The number of urea groups is 1. The van der Waals surface area contributed by atoms with Gasteiger partial charge in [0, 0.05) is 44.6 Å². The molecule has 7 amide bonds. The highest BCUT2D eigenvalue weighted by atomic mass is 32.2. The molecule has 1 aromatic rings. The lowest BCUT2D eigenvalue weighted by molar-refractivity contribution is -0.138. The lowest BCUT2D eigenvalue weighted by Gasteiger charge is -2.17. The minimum Gasteiger partial charge on any atom is -0.389 e. The molecule has 2 aliphatic heterocycles. The van der Waals surface area contributed by atoms with Crippen LogP contribution < -0.4 is 10.6 Å². The number of hydrogen-bond donors (Lipinski definition) is 3. The summed E-state index contributed by atoms with van der Waals surface area (Å²) in [6.07, 6.45) is 3.58. The topological polar surface area (TPSA) is 153 Å². The molecule has 0 radical (unpaired) electrons. The van der Waals surface area contributed by atoms with Gasteiger partial charge in [0.15, 0.2) is 0 Å². The van der Waals surface area contributed by atoms with Crippen molar-refractivity contribution in [3.63, 3.8) is 0 Å². The standard InChI is InChI=1S/C28H36N4O7S/c1-18(2)13-20-6-3-5-19(14-20)7-4-12-40-22-15-26(37)32(27(22)38)28(39)30-17-21(33)16-29-23(34)10-11-31-24(35)8-9-25(31)36/h3,5-6,8-9,14,18,21-22,33H,4,7,10-13,15-17H2,1-2H3,(H,29,34)(H,30,39). The number of benzene rings is 1. The minimum atomic E-state index is -1.18. The number of amides is 7. The van der Waals surface area contributed by atoms with Gasteiger partial charge in [0.1, 0.15) is 0 Å². The van der Waals surface area contributed by atoms with Gasteiger partial charge in [0.2, 0.25) is 11.8 Å². The monoisotopic (exact) mass is 572 g/mol. The predicted molar refractivity (Wildman–Crippen MR) is 149 cm³/mol. The van der Waals surface area contributed by atoms with Crippen molar-refractivity contribution < 1.29 is 33.9 Å². The van der Waals surface area contributed by atoms with E-state index >= 15 is 0 Å². The van der Waals surface area contributed by atoms with Gasteiger partial charge < -0.3 is 15.7 Å². The van der Waals surface area contributed by atoms with E-state index in [1.54, 1.807) is 0 Å². The van der Waals surface area contributed by atoms with Gasteiger partial charge in [-0.1, -0.05) is 38.1 Å². The summed E-state index contributed by atoms with van der Waals surface area (Å²) < 4.78 is 0. The molecule has 0 aliphatic carbocycles. The maximum absolute atomic E-state index is 12.7. The van der Waals surface area contributed by atoms with Crippen LogP contribution in [-0.4, -0.2) is 87.2 Å². The van der Waals surface area contributed by atoms with Crippen LogP contribution in [0.15, 0.2) is 36.4 Å². The second-order valence-electron chi connectivity index (χ2n) is 10.2. The number of aliphatic hydroxyl groups excluding tert-OH is 1. The second-order valence-corrected chi connectivity index (χ2v) is 11.5. The third kappa shape index (κ3) is 9.02. The Hall–Kier alpha value is -3.51. The van der Waals surface area contributed by atoms with E-state index in [9.17, 15) is 33.9 Å². The van der Waals surface area contributed by atoms with E-state index in [0.29, 0.717) is 16.6 Å². The number of thioether (sulfide) groups is 1. The number of aryl methyl sites for hydroxylation is 1. The Balaban J connectivity index is 1.33. The van der Waals surface area contributed by atoms with Crippen LogP contribution in [0.4, 0.5) is 4.79 Å². The van der Waals surface area contributed by atoms with Gasteiger partial charge in [0.25, 0.3) is 17.7 Å². The van der Waals surface area contributed by atoms with E-state index in [-0.39, 0.29) is 32.5 Å². The maximum atomic E-state index is 12.7. The van der Waals surface area contributed by atoms with Gasteiger partial charge in [-0.3, -0.25) is 28.9 Å². The van der Waals surface area contributed by atoms with Crippen LogP contribution in [0.3, 0.4) is 0 Å². The number of aliphatic hydroxyl groups is 1. The van der Waals surface area contributed by atoms with Crippen LogP contribution in [0.2, 0.25) is 0 Å². The molecule has 0 aromatic heterocycles. The van der Waals surface area contributed by atoms with Gasteiger partial charge >= 0.3 is 6.03 Å². The third-order valence-electron chi connectivity index (χ3n) is 6.36. The van der Waals surface area contributed by atoms with Gasteiger partial charge in [-0.25, -0.2) is 4.79 Å². The second kappa shape index (κ2) is 14.8. The molecule has 0 saturated carbocycles. The molecular formula is C28H36N4O7S. The maximum Gasteiger partial charge on any atom is 0.331 e. The van der Waals surface area contributed by atoms with E-state index < -0.39 is 46.9 Å². The van der Waals surface area contributed by atoms with Crippen molar-refractivity contribution in [3.05, 3.63) is 47.5 Å². The lowest BCUT2D eigenvalue weighted by Crippen LogP contribution is -2.48. The van der Waals surface area contributed by atoms with E-state index in [1.807, 2.05) is 0 Å². The molecule has 3 N–H and O–H groups in total. The Kier molecular flexibility index (Phi) is 11.4. The fraction of sp³-hybridized carbons (Fsp3) is 0.500. The molecule has 2 unspecified atom stereocenters. The van der Waals surface area contributed by atoms with Crippen LogP contribution in [-0.2, 0) is 36.8 Å². The summed E-state index contributed by atoms with van der Waals surface area (Å²) in [5.41, 5.74) is 2.54. The number of rotatable bonds is 14. The Labute approximate surface area is 237 Å². The Morgan fingerprint density at radius 3 is 2.42 bits per heavy atom. The highest BCUT2D eigenvalue weighted by Crippen LogP contribution is 2.26. The number of carbonyl (C=O) groups is 6. The zero-order valence-electron chi connectivity index (χ0n) is 22.8. The number of likely N-dealkylation sites (tertiary alicyclic amines) is 1. The molecule has 40 heavy (non-hydrogen) atoms. The van der Waals surface area contributed by atoms with Crippen molar-refractivity contribution in [2.45, 2.75) is 57.3 Å². The molecule has 11 nitrogen and oxygen atoms in total. The van der Waals surface area contributed by atoms with E-state index in [4.69, 9.17) is 0 Å². The summed E-state index contributed by atoms with van der Waals surface area (Å²) in [5, 5.41) is 14.3. The molecule has 2 atom stereocenters. The summed E-state index contributed by atoms with van der Waals surface area (Å²) in [5.74, 6) is -1.39. The summed E-state index contributed by atoms with van der Waals surface area (Å²) in [6, 6.07) is 7.56. The normalized spacial score (nSPS) is 17.8. The van der Waals surface area contributed by atoms with Crippen LogP contribution in [0.5, 0.6) is 0 Å². The van der Waals surface area contributed by atoms with Crippen molar-refractivity contribution in [2.24, 2.45) is 5.92 Å². The number of nitrogens with zero attached hydrogens (tertiary/aromatic N) is 2. The van der Waals surface area contributed by atoms with Crippen molar-refractivity contribution in [2.75, 3.05) is 25.4 Å². The molecule has 1 saturated heterocycles. The number of imide groups is 4. The predicted octanol–water partition coefficient (Wildman–Crippen LogP) is 1.18. The summed E-state index contributed by atoms with van der Waals surface area (Å²) >= 11 is 1.36. The lowest BCUT2D eigenvalue weighted by atomic mass is 10.00. The summed E-state index contributed by atoms with van der Waals surface area (Å²) in [4.78, 5) is 74.0. The largest absolute Gasteiger partial charge is 0.389 e. The average Bonchev–Trinajstić information content (AvgIpc) is 3.38. The molecule has 1 aromatic carbocycles. The molecule has 2 aliphatic rings. The molecule has 3 rings (SSSR count). The zero-order valence-corrected chi connectivity index (χ0v) is 23.6. The van der Waals surface area contributed by atoms with Crippen LogP contribution in [0.1, 0.15) is 44.2 Å². The zero-order chi connectivity index (χ0) is 29.2. The molecule has 0 spiro atoms. The summed E-state index contributed by atoms with van der Waals surface area (Å²) in [6.45, 7) is 3.77. The third-order valence-corrected chi connectivity index (χ3v) is 7.65. The quantitative estimate of drug-likeness (QED) is 0.222. The smallest absolute Gasteiger partial charge is 0.331 e. The van der Waals surface area contributed by atoms with Crippen LogP contribution >= 0.6 is 11.8 Å². The Bertz CT molecular complexity index is 1150. The average molecular weight is 573 g/mol. The molecular weight excluding hydrogens is 536 g/mol. The molecule has 0 bridgehead atoms. The first-order chi connectivity index (χ1) is 19.0. The van der Waals surface area contributed by atoms with Crippen molar-refractivity contribution in [3.8, 4) is 0 Å².